The molecule has 0 amide bonds. The average molecular weight is 259 g/mol. The van der Waals surface area contributed by atoms with Gasteiger partial charge in [0.05, 0.1) is 24.5 Å². The Morgan fingerprint density at radius 2 is 2.11 bits per heavy atom. The molecule has 0 unspecified atom stereocenters. The predicted molar refractivity (Wildman–Crippen MR) is 77.6 cm³/mol. The SMILES string of the molecule is CCOc1cc(C)ccc1NCc1ccnn1CC. The Morgan fingerprint density at radius 1 is 1.26 bits per heavy atom. The molecule has 1 N–H and O–H groups in total. The third kappa shape index (κ3) is 3.28. The van der Waals surface area contributed by atoms with Crippen LogP contribution in [0.15, 0.2) is 30.5 Å². The second-order valence-corrected chi connectivity index (χ2v) is 4.42. The maximum Gasteiger partial charge on any atom is 0.142 e. The lowest BCUT2D eigenvalue weighted by Gasteiger charge is -2.13. The molecule has 0 spiro atoms. The average Bonchev–Trinajstić information content (AvgIpc) is 2.85. The zero-order chi connectivity index (χ0) is 13.7. The van der Waals surface area contributed by atoms with E-state index in [9.17, 15) is 0 Å². The van der Waals surface area contributed by atoms with Gasteiger partial charge in [-0.2, -0.15) is 5.10 Å². The fourth-order valence-corrected chi connectivity index (χ4v) is 2.03. The summed E-state index contributed by atoms with van der Waals surface area (Å²) in [4.78, 5) is 0. The Kier molecular flexibility index (Phi) is 4.44. The van der Waals surface area contributed by atoms with E-state index in [-0.39, 0.29) is 0 Å². The molecule has 1 heterocycles. The van der Waals surface area contributed by atoms with Gasteiger partial charge in [0.25, 0.3) is 0 Å². The van der Waals surface area contributed by atoms with Gasteiger partial charge >= 0.3 is 0 Å². The van der Waals surface area contributed by atoms with Crippen molar-refractivity contribution in [1.29, 1.82) is 0 Å². The summed E-state index contributed by atoms with van der Waals surface area (Å²) in [6.45, 7) is 8.46. The minimum Gasteiger partial charge on any atom is -0.492 e. The molecule has 0 aliphatic rings. The lowest BCUT2D eigenvalue weighted by atomic mass is 10.2. The first-order chi connectivity index (χ1) is 9.24. The number of nitrogens with zero attached hydrogens (tertiary/aromatic N) is 2. The van der Waals surface area contributed by atoms with E-state index in [2.05, 4.69) is 42.5 Å². The van der Waals surface area contributed by atoms with Gasteiger partial charge in [-0.05, 0) is 44.5 Å². The molecule has 4 heteroatoms. The second-order valence-electron chi connectivity index (χ2n) is 4.42. The van der Waals surface area contributed by atoms with Crippen molar-refractivity contribution in [2.75, 3.05) is 11.9 Å². The predicted octanol–water partition coefficient (Wildman–Crippen LogP) is 3.22. The van der Waals surface area contributed by atoms with Crippen LogP contribution in [0, 0.1) is 6.92 Å². The summed E-state index contributed by atoms with van der Waals surface area (Å²) in [5.41, 5.74) is 3.40. The first-order valence-corrected chi connectivity index (χ1v) is 6.72. The van der Waals surface area contributed by atoms with Crippen molar-refractivity contribution in [1.82, 2.24) is 9.78 Å². The number of nitrogens with one attached hydrogen (secondary N) is 1. The van der Waals surface area contributed by atoms with Crippen molar-refractivity contribution in [3.63, 3.8) is 0 Å². The van der Waals surface area contributed by atoms with Crippen molar-refractivity contribution < 1.29 is 4.74 Å². The summed E-state index contributed by atoms with van der Waals surface area (Å²) in [5.74, 6) is 0.907. The number of benzene rings is 1. The first kappa shape index (κ1) is 13.5. The van der Waals surface area contributed by atoms with Crippen molar-refractivity contribution >= 4 is 5.69 Å². The van der Waals surface area contributed by atoms with E-state index >= 15 is 0 Å². The van der Waals surface area contributed by atoms with Crippen LogP contribution >= 0.6 is 0 Å². The molecule has 0 saturated carbocycles. The molecule has 1 aromatic heterocycles. The fraction of sp³-hybridized carbons (Fsp3) is 0.400. The van der Waals surface area contributed by atoms with Crippen LogP contribution in [0.1, 0.15) is 25.1 Å². The molecule has 102 valence electrons. The van der Waals surface area contributed by atoms with Crippen LogP contribution in [-0.2, 0) is 13.1 Å². The van der Waals surface area contributed by atoms with Crippen LogP contribution in [0.4, 0.5) is 5.69 Å². The lowest BCUT2D eigenvalue weighted by Crippen LogP contribution is -2.08. The van der Waals surface area contributed by atoms with E-state index in [4.69, 9.17) is 4.74 Å². The van der Waals surface area contributed by atoms with Gasteiger partial charge in [0.2, 0.25) is 0 Å². The van der Waals surface area contributed by atoms with E-state index in [1.165, 1.54) is 11.3 Å². The van der Waals surface area contributed by atoms with Crippen molar-refractivity contribution in [2.45, 2.75) is 33.9 Å². The van der Waals surface area contributed by atoms with Crippen molar-refractivity contribution in [3.05, 3.63) is 41.7 Å². The van der Waals surface area contributed by atoms with Crippen LogP contribution < -0.4 is 10.1 Å². The highest BCUT2D eigenvalue weighted by Gasteiger charge is 2.05. The zero-order valence-corrected chi connectivity index (χ0v) is 11.8. The topological polar surface area (TPSA) is 39.1 Å². The molecule has 2 aromatic rings. The monoisotopic (exact) mass is 259 g/mol. The molecule has 4 nitrogen and oxygen atoms in total. The van der Waals surface area contributed by atoms with Gasteiger partial charge < -0.3 is 10.1 Å². The van der Waals surface area contributed by atoms with Gasteiger partial charge in [-0.15, -0.1) is 0 Å². The van der Waals surface area contributed by atoms with Gasteiger partial charge in [-0.3, -0.25) is 4.68 Å². The zero-order valence-electron chi connectivity index (χ0n) is 11.8. The standard InChI is InChI=1S/C15H21N3O/c1-4-18-13(8-9-17-18)11-16-14-7-6-12(3)10-15(14)19-5-2/h6-10,16H,4-5,11H2,1-3H3. The maximum absolute atomic E-state index is 5.66. The molecule has 19 heavy (non-hydrogen) atoms. The Bertz CT molecular complexity index is 534. The molecule has 0 atom stereocenters. The van der Waals surface area contributed by atoms with Gasteiger partial charge in [0.1, 0.15) is 5.75 Å². The molecule has 1 aromatic carbocycles. The number of aryl methyl sites for hydroxylation is 2. The summed E-state index contributed by atoms with van der Waals surface area (Å²) >= 11 is 0. The quantitative estimate of drug-likeness (QED) is 0.865. The summed E-state index contributed by atoms with van der Waals surface area (Å²) in [6.07, 6.45) is 1.83. The van der Waals surface area contributed by atoms with Crippen LogP contribution in [0.3, 0.4) is 0 Å². The summed E-state index contributed by atoms with van der Waals surface area (Å²) in [6, 6.07) is 8.24. The van der Waals surface area contributed by atoms with Gasteiger partial charge in [-0.1, -0.05) is 6.07 Å². The summed E-state index contributed by atoms with van der Waals surface area (Å²) in [7, 11) is 0. The Hall–Kier alpha value is -1.97. The normalized spacial score (nSPS) is 10.5. The fourth-order valence-electron chi connectivity index (χ4n) is 2.03. The molecule has 2 rings (SSSR count). The van der Waals surface area contributed by atoms with Gasteiger partial charge in [0, 0.05) is 12.7 Å². The third-order valence-corrected chi connectivity index (χ3v) is 3.00. The number of ether oxygens (including phenoxy) is 1. The first-order valence-electron chi connectivity index (χ1n) is 6.72. The molecule has 0 bridgehead atoms. The maximum atomic E-state index is 5.66. The molecule has 0 saturated heterocycles. The molecule has 0 fully saturated rings. The molecular weight excluding hydrogens is 238 g/mol. The van der Waals surface area contributed by atoms with Crippen molar-refractivity contribution in [2.24, 2.45) is 0 Å². The largest absolute Gasteiger partial charge is 0.492 e. The summed E-state index contributed by atoms with van der Waals surface area (Å²) < 4.78 is 7.65. The minimum atomic E-state index is 0.672. The van der Waals surface area contributed by atoms with E-state index in [0.717, 1.165) is 24.5 Å². The van der Waals surface area contributed by atoms with Crippen LogP contribution in [0.5, 0.6) is 5.75 Å². The van der Waals surface area contributed by atoms with Gasteiger partial charge in [0.15, 0.2) is 0 Å². The van der Waals surface area contributed by atoms with Crippen LogP contribution in [0.25, 0.3) is 0 Å². The molecule has 0 radical (unpaired) electrons. The smallest absolute Gasteiger partial charge is 0.142 e. The highest BCUT2D eigenvalue weighted by atomic mass is 16.5. The Balaban J connectivity index is 2.10. The number of rotatable bonds is 6. The van der Waals surface area contributed by atoms with E-state index in [1.54, 1.807) is 0 Å². The highest BCUT2D eigenvalue weighted by Crippen LogP contribution is 2.26. The molecular formula is C15H21N3O. The van der Waals surface area contributed by atoms with E-state index in [0.29, 0.717) is 6.61 Å². The van der Waals surface area contributed by atoms with E-state index in [1.807, 2.05) is 23.9 Å². The summed E-state index contributed by atoms with van der Waals surface area (Å²) in [5, 5.41) is 7.68. The molecule has 0 aliphatic heterocycles. The van der Waals surface area contributed by atoms with Crippen LogP contribution in [-0.4, -0.2) is 16.4 Å². The number of hydrogen-bond acceptors (Lipinski definition) is 3. The Labute approximate surface area is 114 Å². The third-order valence-electron chi connectivity index (χ3n) is 3.00. The Morgan fingerprint density at radius 3 is 2.84 bits per heavy atom. The van der Waals surface area contributed by atoms with Crippen LogP contribution in [0.2, 0.25) is 0 Å². The lowest BCUT2D eigenvalue weighted by molar-refractivity contribution is 0.341. The van der Waals surface area contributed by atoms with Crippen molar-refractivity contribution in [3.8, 4) is 5.75 Å². The number of aromatic nitrogens is 2. The second kappa shape index (κ2) is 6.27. The van der Waals surface area contributed by atoms with Gasteiger partial charge in [-0.25, -0.2) is 0 Å². The highest BCUT2D eigenvalue weighted by molar-refractivity contribution is 5.57. The number of anilines is 1. The minimum absolute atomic E-state index is 0.672. The number of hydrogen-bond donors (Lipinski definition) is 1. The van der Waals surface area contributed by atoms with E-state index < -0.39 is 0 Å². The molecule has 0 aliphatic carbocycles.